The van der Waals surface area contributed by atoms with Crippen LogP contribution in [-0.2, 0) is 6.42 Å². The Bertz CT molecular complexity index is 469. The largest absolute Gasteiger partial charge is 0.491 e. The highest BCUT2D eigenvalue weighted by Crippen LogP contribution is 2.32. The lowest BCUT2D eigenvalue weighted by Crippen LogP contribution is -2.28. The molecular weight excluding hydrogens is 240 g/mol. The molecule has 1 aliphatic rings. The molecule has 0 fully saturated rings. The molecule has 1 aliphatic heterocycles. The zero-order valence-corrected chi connectivity index (χ0v) is 12.1. The van der Waals surface area contributed by atoms with Crippen molar-refractivity contribution < 1.29 is 4.74 Å². The molecule has 4 heteroatoms. The number of nitrogens with zero attached hydrogens (tertiary/aromatic N) is 2. The van der Waals surface area contributed by atoms with Crippen molar-refractivity contribution in [2.45, 2.75) is 45.7 Å². The Morgan fingerprint density at radius 3 is 2.79 bits per heavy atom. The molecule has 0 unspecified atom stereocenters. The van der Waals surface area contributed by atoms with Gasteiger partial charge in [0.2, 0.25) is 0 Å². The van der Waals surface area contributed by atoms with Gasteiger partial charge in [0.15, 0.2) is 0 Å². The van der Waals surface area contributed by atoms with E-state index in [1.54, 1.807) is 13.8 Å². The lowest BCUT2D eigenvalue weighted by Gasteiger charge is -2.24. The molecule has 0 spiro atoms. The summed E-state index contributed by atoms with van der Waals surface area (Å²) in [4.78, 5) is 13.0. The molecule has 104 valence electrons. The highest BCUT2D eigenvalue weighted by molar-refractivity contribution is 5.60. The van der Waals surface area contributed by atoms with E-state index in [4.69, 9.17) is 4.74 Å². The molecule has 0 bridgehead atoms. The quantitative estimate of drug-likeness (QED) is 0.764. The fraction of sp³-hybridized carbons (Fsp3) is 0.600. The third-order valence-corrected chi connectivity index (χ3v) is 3.44. The predicted octanol–water partition coefficient (Wildman–Crippen LogP) is 3.38. The van der Waals surface area contributed by atoms with E-state index >= 15 is 0 Å². The van der Waals surface area contributed by atoms with Gasteiger partial charge >= 0.3 is 0 Å². The van der Waals surface area contributed by atoms with Crippen molar-refractivity contribution in [1.82, 2.24) is 0 Å². The van der Waals surface area contributed by atoms with Gasteiger partial charge in [-0.1, -0.05) is 5.18 Å². The van der Waals surface area contributed by atoms with Gasteiger partial charge in [-0.25, -0.2) is 0 Å². The maximum Gasteiger partial charge on any atom is 0.131 e. The van der Waals surface area contributed by atoms with E-state index in [1.165, 1.54) is 11.3 Å². The number of hydrogen-bond donors (Lipinski definition) is 0. The maximum atomic E-state index is 10.6. The number of nitroso groups, excluding NO2 is 1. The Labute approximate surface area is 114 Å². The third kappa shape index (κ3) is 3.06. The minimum absolute atomic E-state index is 0.309. The number of hydrogen-bond acceptors (Lipinski definition) is 4. The topological polar surface area (TPSA) is 41.9 Å². The van der Waals surface area contributed by atoms with Gasteiger partial charge in [0, 0.05) is 18.3 Å². The van der Waals surface area contributed by atoms with Crippen molar-refractivity contribution in [2.24, 2.45) is 5.18 Å². The normalized spacial score (nSPS) is 14.7. The molecule has 4 nitrogen and oxygen atoms in total. The first-order chi connectivity index (χ1) is 8.93. The Hall–Kier alpha value is -1.58. The number of ether oxygens (including phenoxy) is 1. The second-order valence-electron chi connectivity index (χ2n) is 6.02. The third-order valence-electron chi connectivity index (χ3n) is 3.44. The zero-order valence-electron chi connectivity index (χ0n) is 12.1. The van der Waals surface area contributed by atoms with Crippen LogP contribution in [0.2, 0.25) is 0 Å². The molecule has 1 aromatic rings. The smallest absolute Gasteiger partial charge is 0.131 e. The summed E-state index contributed by atoms with van der Waals surface area (Å²) in [5.74, 6) is 0.820. The van der Waals surface area contributed by atoms with Crippen LogP contribution in [0.15, 0.2) is 23.4 Å². The van der Waals surface area contributed by atoms with Crippen LogP contribution in [0.5, 0.6) is 5.75 Å². The van der Waals surface area contributed by atoms with E-state index in [1.807, 2.05) is 6.07 Å². The molecule has 0 saturated carbocycles. The molecule has 0 saturated heterocycles. The number of rotatable bonds is 5. The Morgan fingerprint density at radius 1 is 1.42 bits per heavy atom. The minimum atomic E-state index is -0.678. The number of anilines is 1. The lowest BCUT2D eigenvalue weighted by atomic mass is 10.1. The summed E-state index contributed by atoms with van der Waals surface area (Å²) in [6.07, 6.45) is 1.06. The molecule has 0 aromatic heterocycles. The zero-order chi connectivity index (χ0) is 14.0. The van der Waals surface area contributed by atoms with E-state index in [0.29, 0.717) is 12.6 Å². The molecule has 0 radical (unpaired) electrons. The van der Waals surface area contributed by atoms with Crippen LogP contribution in [0.1, 0.15) is 33.3 Å². The van der Waals surface area contributed by atoms with Crippen molar-refractivity contribution >= 4 is 5.69 Å². The monoisotopic (exact) mass is 262 g/mol. The Morgan fingerprint density at radius 2 is 2.16 bits per heavy atom. The SMILES string of the molecule is CC(C)N1CCc2cc(OCC(C)(C)N=O)ccc21. The van der Waals surface area contributed by atoms with Crippen molar-refractivity contribution in [3.63, 3.8) is 0 Å². The van der Waals surface area contributed by atoms with Gasteiger partial charge in [0.05, 0.1) is 0 Å². The van der Waals surface area contributed by atoms with Crippen LogP contribution >= 0.6 is 0 Å². The first kappa shape index (κ1) is 13.8. The lowest BCUT2D eigenvalue weighted by molar-refractivity contribution is 0.243. The Kier molecular flexibility index (Phi) is 3.78. The molecule has 19 heavy (non-hydrogen) atoms. The van der Waals surface area contributed by atoms with Gasteiger partial charge < -0.3 is 9.64 Å². The Balaban J connectivity index is 2.09. The molecular formula is C15H22N2O2. The highest BCUT2D eigenvalue weighted by atomic mass is 16.5. The number of fused-ring (bicyclic) bond motifs is 1. The van der Waals surface area contributed by atoms with Crippen molar-refractivity contribution in [3.8, 4) is 5.75 Å². The molecule has 0 atom stereocenters. The van der Waals surface area contributed by atoms with Gasteiger partial charge in [0.25, 0.3) is 0 Å². The summed E-state index contributed by atoms with van der Waals surface area (Å²) in [6, 6.07) is 6.68. The average molecular weight is 262 g/mol. The molecule has 1 aromatic carbocycles. The summed E-state index contributed by atoms with van der Waals surface area (Å²) in [6.45, 7) is 9.33. The van der Waals surface area contributed by atoms with Gasteiger partial charge in [-0.3, -0.25) is 0 Å². The average Bonchev–Trinajstić information content (AvgIpc) is 2.79. The molecule has 0 N–H and O–H groups in total. The van der Waals surface area contributed by atoms with E-state index in [2.05, 4.69) is 36.1 Å². The van der Waals surface area contributed by atoms with E-state index in [-0.39, 0.29) is 0 Å². The summed E-state index contributed by atoms with van der Waals surface area (Å²) >= 11 is 0. The molecule has 0 aliphatic carbocycles. The first-order valence-corrected chi connectivity index (χ1v) is 6.80. The van der Waals surface area contributed by atoms with E-state index < -0.39 is 5.54 Å². The second kappa shape index (κ2) is 5.19. The van der Waals surface area contributed by atoms with Crippen molar-refractivity contribution in [2.75, 3.05) is 18.1 Å². The van der Waals surface area contributed by atoms with Gasteiger partial charge in [-0.05, 0) is 57.9 Å². The summed E-state index contributed by atoms with van der Waals surface area (Å²) in [5.41, 5.74) is 1.95. The summed E-state index contributed by atoms with van der Waals surface area (Å²) < 4.78 is 5.67. The fourth-order valence-electron chi connectivity index (χ4n) is 2.32. The van der Waals surface area contributed by atoms with Crippen molar-refractivity contribution in [1.29, 1.82) is 0 Å². The van der Waals surface area contributed by atoms with Crippen LogP contribution in [0, 0.1) is 4.91 Å². The minimum Gasteiger partial charge on any atom is -0.491 e. The highest BCUT2D eigenvalue weighted by Gasteiger charge is 2.23. The van der Waals surface area contributed by atoms with E-state index in [9.17, 15) is 4.91 Å². The van der Waals surface area contributed by atoms with Crippen molar-refractivity contribution in [3.05, 3.63) is 28.7 Å². The second-order valence-corrected chi connectivity index (χ2v) is 6.02. The van der Waals surface area contributed by atoms with Crippen LogP contribution in [0.25, 0.3) is 0 Å². The van der Waals surface area contributed by atoms with Gasteiger partial charge in [-0.2, -0.15) is 4.91 Å². The fourth-order valence-corrected chi connectivity index (χ4v) is 2.32. The van der Waals surface area contributed by atoms with Crippen LogP contribution < -0.4 is 9.64 Å². The maximum absolute atomic E-state index is 10.6. The van der Waals surface area contributed by atoms with Gasteiger partial charge in [-0.15, -0.1) is 0 Å². The standard InChI is InChI=1S/C15H22N2O2/c1-11(2)17-8-7-12-9-13(5-6-14(12)17)19-10-15(3,4)16-18/h5-6,9,11H,7-8,10H2,1-4H3. The first-order valence-electron chi connectivity index (χ1n) is 6.80. The predicted molar refractivity (Wildman–Crippen MR) is 78.0 cm³/mol. The summed E-state index contributed by atoms with van der Waals surface area (Å²) in [7, 11) is 0. The van der Waals surface area contributed by atoms with Crippen LogP contribution in [0.4, 0.5) is 5.69 Å². The van der Waals surface area contributed by atoms with Crippen LogP contribution in [-0.4, -0.2) is 24.7 Å². The molecule has 2 rings (SSSR count). The van der Waals surface area contributed by atoms with Gasteiger partial charge in [0.1, 0.15) is 17.9 Å². The number of benzene rings is 1. The van der Waals surface area contributed by atoms with E-state index in [0.717, 1.165) is 18.7 Å². The van der Waals surface area contributed by atoms with Crippen LogP contribution in [0.3, 0.4) is 0 Å². The molecule has 0 amide bonds. The molecule has 1 heterocycles. The summed E-state index contributed by atoms with van der Waals surface area (Å²) in [5, 5.41) is 3.06.